The third kappa shape index (κ3) is 16.7. The van der Waals surface area contributed by atoms with E-state index in [1.54, 1.807) is 6.07 Å². The molecule has 0 aromatic heterocycles. The first-order valence-electron chi connectivity index (χ1n) is 13.0. The molecule has 0 amide bonds. The van der Waals surface area contributed by atoms with Gasteiger partial charge in [0.15, 0.2) is 0 Å². The second kappa shape index (κ2) is 21.8. The van der Waals surface area contributed by atoms with Gasteiger partial charge in [-0.3, -0.25) is 18.9 Å². The van der Waals surface area contributed by atoms with Crippen LogP contribution in [-0.2, 0) is 69.8 Å². The van der Waals surface area contributed by atoms with Crippen LogP contribution in [0.3, 0.4) is 0 Å². The van der Waals surface area contributed by atoms with E-state index < -0.39 is 33.9 Å². The number of aromatic hydroxyl groups is 2. The quantitative estimate of drug-likeness (QED) is 0.0554. The van der Waals surface area contributed by atoms with Crippen LogP contribution in [0.15, 0.2) is 30.3 Å². The molecule has 13 nitrogen and oxygen atoms in total. The molecule has 0 saturated carbocycles. The van der Waals surface area contributed by atoms with Crippen LogP contribution in [0.25, 0.3) is 0 Å². The maximum Gasteiger partial charge on any atom is 3.00 e. The van der Waals surface area contributed by atoms with Crippen molar-refractivity contribution in [1.82, 2.24) is 9.80 Å². The minimum absolute atomic E-state index is 0. The van der Waals surface area contributed by atoms with Crippen LogP contribution >= 0.6 is 15.2 Å². The van der Waals surface area contributed by atoms with E-state index in [1.807, 2.05) is 6.92 Å². The molecule has 9 N–H and O–H groups in total. The molecule has 18 heteroatoms. The van der Waals surface area contributed by atoms with Crippen molar-refractivity contribution in [3.8, 4) is 11.5 Å². The molecule has 0 spiro atoms. The summed E-state index contributed by atoms with van der Waals surface area (Å²) in [7, 11) is -8.86. The van der Waals surface area contributed by atoms with E-state index in [-0.39, 0.29) is 103 Å². The number of hydrogen-bond donors (Lipinski definition) is 9. The summed E-state index contributed by atoms with van der Waals surface area (Å²) in [5.41, 5.74) is 2.15. The van der Waals surface area contributed by atoms with E-state index in [4.69, 9.17) is 0 Å². The maximum atomic E-state index is 12.2. The first kappa shape index (κ1) is 46.1. The summed E-state index contributed by atoms with van der Waals surface area (Å²) in [5, 5.41) is 49.4. The molecule has 0 heterocycles. The average Bonchev–Trinajstić information content (AvgIpc) is 2.87. The Morgan fingerprint density at radius 3 is 1.82 bits per heavy atom. The van der Waals surface area contributed by atoms with Crippen molar-refractivity contribution in [1.29, 1.82) is 0 Å². The van der Waals surface area contributed by atoms with Crippen molar-refractivity contribution in [3.05, 3.63) is 58.1 Å². The summed E-state index contributed by atoms with van der Waals surface area (Å²) in [6.07, 6.45) is 6.31. The molecule has 44 heavy (non-hydrogen) atoms. The van der Waals surface area contributed by atoms with Gasteiger partial charge in [-0.2, -0.15) is 0 Å². The fourth-order valence-corrected chi connectivity index (χ4v) is 5.77. The number of aliphatic hydroxyl groups is 3. The Morgan fingerprint density at radius 1 is 0.818 bits per heavy atom. The van der Waals surface area contributed by atoms with E-state index in [2.05, 4.69) is 18.8 Å². The molecule has 2 aromatic rings. The van der Waals surface area contributed by atoms with Crippen LogP contribution in [0.5, 0.6) is 11.5 Å². The Kier molecular flexibility index (Phi) is 22.9. The predicted octanol–water partition coefficient (Wildman–Crippen LogP) is -1.92. The molecule has 0 aliphatic carbocycles. The summed E-state index contributed by atoms with van der Waals surface area (Å²) in [4.78, 5) is 41.5. The Hall–Kier alpha value is 0.00948. The molecular formula is C26H45FeN2NaO11P2S+5. The van der Waals surface area contributed by atoms with Gasteiger partial charge in [-0.15, -0.1) is 0 Å². The molecule has 0 fully saturated rings. The van der Waals surface area contributed by atoms with Gasteiger partial charge in [0.1, 0.15) is 23.6 Å². The van der Waals surface area contributed by atoms with Gasteiger partial charge in [-0.25, -0.2) is 0 Å². The summed E-state index contributed by atoms with van der Waals surface area (Å²) in [6.45, 7) is -0.496. The number of aryl methyl sites for hydroxylation is 1. The Bertz CT molecular complexity index is 1230. The first-order valence-corrected chi connectivity index (χ1v) is 18.9. The zero-order valence-corrected chi connectivity index (χ0v) is 31.4. The van der Waals surface area contributed by atoms with Gasteiger partial charge in [0.2, 0.25) is 0 Å². The van der Waals surface area contributed by atoms with Gasteiger partial charge < -0.3 is 45.1 Å². The van der Waals surface area contributed by atoms with E-state index >= 15 is 0 Å². The molecular weight excluding hydrogens is 689 g/mol. The van der Waals surface area contributed by atoms with E-state index in [0.717, 1.165) is 0 Å². The molecule has 2 rings (SSSR count). The zero-order chi connectivity index (χ0) is 32.3. The Balaban J connectivity index is 0. The minimum atomic E-state index is -4.89. The van der Waals surface area contributed by atoms with Crippen molar-refractivity contribution in [2.24, 2.45) is 0 Å². The second-order valence-electron chi connectivity index (χ2n) is 10.2. The minimum Gasteiger partial charge on any atom is -0.508 e. The van der Waals surface area contributed by atoms with Crippen molar-refractivity contribution in [3.63, 3.8) is 0 Å². The third-order valence-electron chi connectivity index (χ3n) is 6.08. The van der Waals surface area contributed by atoms with Crippen molar-refractivity contribution in [2.75, 3.05) is 44.7 Å². The molecule has 0 bridgehead atoms. The van der Waals surface area contributed by atoms with Gasteiger partial charge in [-0.05, 0) is 52.2 Å². The number of phenolic OH excluding ortho intramolecular Hbond substituents is 2. The smallest absolute Gasteiger partial charge is 0.508 e. The molecule has 245 valence electrons. The van der Waals surface area contributed by atoms with E-state index in [1.165, 1.54) is 34.1 Å². The number of aliphatic hydroxyl groups excluding tert-OH is 3. The maximum absolute atomic E-state index is 12.2. The van der Waals surface area contributed by atoms with Crippen LogP contribution in [-0.4, -0.2) is 105 Å². The van der Waals surface area contributed by atoms with E-state index in [9.17, 15) is 54.2 Å². The molecule has 0 aliphatic heterocycles. The fraction of sp³-hybridized carbons (Fsp3) is 0.538. The summed E-state index contributed by atoms with van der Waals surface area (Å²) in [5.74, 6) is -2.06. The molecule has 0 saturated heterocycles. The van der Waals surface area contributed by atoms with Crippen LogP contribution in [0.2, 0.25) is 0 Å². The van der Waals surface area contributed by atoms with Crippen LogP contribution < -0.4 is 29.6 Å². The standard InChI is InChI=1S/C23H36N2O11P2.C3H9S.Fe.Na/c1-2-18-8-17(13-27)9-22(30)20(18)11-24(15-37(31,32)33)5-6-25(23(14-28)38(34,35)36)10-19-7-16(12-26)3-4-21(19)29;1-4(2)3;;/h3-4,7-9,23,26-30H,2,5-6,10-15H2,1H3,(H2,31,32,33)(H2,34,35,36);1-3H3;;/q;+1;+3;+1. The molecule has 1 unspecified atom stereocenters. The summed E-state index contributed by atoms with van der Waals surface area (Å²) in [6, 6.07) is 7.25. The average molecular weight is 734 g/mol. The van der Waals surface area contributed by atoms with Crippen LogP contribution in [0.4, 0.5) is 0 Å². The first-order chi connectivity index (χ1) is 19.4. The monoisotopic (exact) mass is 734 g/mol. The number of rotatable bonds is 15. The predicted molar refractivity (Wildman–Crippen MR) is 163 cm³/mol. The van der Waals surface area contributed by atoms with Crippen LogP contribution in [0, 0.1) is 0 Å². The number of hydrogen-bond acceptors (Lipinski definition) is 9. The Morgan fingerprint density at radius 2 is 1.36 bits per heavy atom. The summed E-state index contributed by atoms with van der Waals surface area (Å²) >= 11 is 0. The number of nitrogens with zero attached hydrogens (tertiary/aromatic N) is 2. The second-order valence-corrected chi connectivity index (χ2v) is 16.0. The van der Waals surface area contributed by atoms with Gasteiger partial charge in [0.25, 0.3) is 0 Å². The molecule has 1 atom stereocenters. The molecule has 2 aromatic carbocycles. The van der Waals surface area contributed by atoms with Gasteiger partial charge in [0, 0.05) is 37.3 Å². The van der Waals surface area contributed by atoms with Gasteiger partial charge in [0.05, 0.1) is 38.6 Å². The zero-order valence-electron chi connectivity index (χ0n) is 25.7. The SMILES string of the molecule is CCc1cc(CO)cc(O)c1CN(CCN(Cc1cc(CO)ccc1O)C(CO)P(=O)(O)O)CP(=O)(O)O.C[S+](C)C.[Fe+3].[Na+]. The fourth-order valence-electron chi connectivity index (χ4n) is 4.17. The molecule has 0 aliphatic rings. The topological polar surface area (TPSA) is 223 Å². The van der Waals surface area contributed by atoms with Crippen LogP contribution in [0.1, 0.15) is 34.7 Å². The third-order valence-corrected chi connectivity index (χ3v) is 8.12. The van der Waals surface area contributed by atoms with E-state index in [0.29, 0.717) is 39.6 Å². The normalized spacial score (nSPS) is 12.4. The molecule has 1 radical (unpaired) electrons. The van der Waals surface area contributed by atoms with Gasteiger partial charge in [-0.1, -0.05) is 19.1 Å². The largest absolute Gasteiger partial charge is 3.00 e. The van der Waals surface area contributed by atoms with Crippen molar-refractivity contribution >= 4 is 26.1 Å². The summed E-state index contributed by atoms with van der Waals surface area (Å²) < 4.78 is 24.0. The van der Waals surface area contributed by atoms with Crippen molar-refractivity contribution < 1.29 is 101 Å². The Labute approximate surface area is 294 Å². The van der Waals surface area contributed by atoms with Gasteiger partial charge >= 0.3 is 61.8 Å². The number of phenols is 2. The van der Waals surface area contributed by atoms with Crippen molar-refractivity contribution in [2.45, 2.75) is 45.4 Å². The number of benzene rings is 2.